The molecule has 2 aliphatic heterocycles. The summed E-state index contributed by atoms with van der Waals surface area (Å²) >= 11 is 5.92. The van der Waals surface area contributed by atoms with Crippen LogP contribution in [0.2, 0.25) is 5.02 Å². The van der Waals surface area contributed by atoms with Gasteiger partial charge < -0.3 is 5.11 Å². The smallest absolute Gasteiger partial charge is 0.308 e. The van der Waals surface area contributed by atoms with Crippen LogP contribution in [0.3, 0.4) is 0 Å². The first kappa shape index (κ1) is 12.9. The molecule has 1 N–H and O–H groups in total. The summed E-state index contributed by atoms with van der Waals surface area (Å²) in [5.74, 6) is -0.856. The highest BCUT2D eigenvalue weighted by molar-refractivity contribution is 6.30. The fraction of sp³-hybridized carbons (Fsp3) is 0.533. The van der Waals surface area contributed by atoms with E-state index < -0.39 is 5.97 Å². The van der Waals surface area contributed by atoms with Gasteiger partial charge in [0.05, 0.1) is 5.92 Å². The molecule has 3 rings (SSSR count). The Labute approximate surface area is 118 Å². The summed E-state index contributed by atoms with van der Waals surface area (Å²) in [4.78, 5) is 14.0. The summed E-state index contributed by atoms with van der Waals surface area (Å²) in [7, 11) is 2.07. The lowest BCUT2D eigenvalue weighted by molar-refractivity contribution is -0.146. The largest absolute Gasteiger partial charge is 0.481 e. The van der Waals surface area contributed by atoms with E-state index >= 15 is 0 Å². The zero-order chi connectivity index (χ0) is 13.6. The number of nitrogens with zero attached hydrogens (tertiary/aromatic N) is 1. The highest BCUT2D eigenvalue weighted by Crippen LogP contribution is 2.46. The fourth-order valence-corrected chi connectivity index (χ4v) is 3.98. The number of carboxylic acid groups (broad SMARTS) is 1. The minimum atomic E-state index is -0.669. The number of piperidine rings is 1. The number of rotatable bonds is 2. The van der Waals surface area contributed by atoms with Gasteiger partial charge in [0.1, 0.15) is 0 Å². The van der Waals surface area contributed by atoms with Crippen molar-refractivity contribution in [2.24, 2.45) is 5.92 Å². The van der Waals surface area contributed by atoms with Crippen LogP contribution in [0.4, 0.5) is 0 Å². The van der Waals surface area contributed by atoms with Gasteiger partial charge in [-0.05, 0) is 44.0 Å². The zero-order valence-electron chi connectivity index (χ0n) is 10.9. The normalized spacial score (nSPS) is 34.4. The van der Waals surface area contributed by atoms with Crippen LogP contribution in [0.5, 0.6) is 0 Å². The predicted octanol–water partition coefficient (Wildman–Crippen LogP) is 2.99. The van der Waals surface area contributed by atoms with Crippen LogP contribution in [-0.2, 0) is 4.79 Å². The molecule has 2 heterocycles. The summed E-state index contributed by atoms with van der Waals surface area (Å²) < 4.78 is 0. The minimum Gasteiger partial charge on any atom is -0.481 e. The van der Waals surface area contributed by atoms with Crippen molar-refractivity contribution in [2.75, 3.05) is 7.05 Å². The van der Waals surface area contributed by atoms with Gasteiger partial charge in [0.15, 0.2) is 0 Å². The Kier molecular flexibility index (Phi) is 3.27. The van der Waals surface area contributed by atoms with Gasteiger partial charge in [-0.25, -0.2) is 0 Å². The lowest BCUT2D eigenvalue weighted by Gasteiger charge is -2.41. The van der Waals surface area contributed by atoms with E-state index in [-0.39, 0.29) is 17.9 Å². The number of benzene rings is 1. The Bertz CT molecular complexity index is 487. The molecule has 1 aromatic rings. The lowest BCUT2D eigenvalue weighted by atomic mass is 9.76. The van der Waals surface area contributed by atoms with Crippen LogP contribution in [0, 0.1) is 5.92 Å². The van der Waals surface area contributed by atoms with E-state index in [1.807, 2.05) is 24.3 Å². The number of aliphatic carboxylic acids is 1. The molecule has 2 aliphatic rings. The van der Waals surface area contributed by atoms with Crippen LogP contribution in [0.25, 0.3) is 0 Å². The van der Waals surface area contributed by atoms with Crippen LogP contribution < -0.4 is 0 Å². The topological polar surface area (TPSA) is 40.5 Å². The van der Waals surface area contributed by atoms with Crippen molar-refractivity contribution >= 4 is 17.6 Å². The quantitative estimate of drug-likeness (QED) is 0.905. The van der Waals surface area contributed by atoms with Gasteiger partial charge in [0.25, 0.3) is 0 Å². The summed E-state index contributed by atoms with van der Waals surface area (Å²) in [6.07, 6.45) is 3.06. The van der Waals surface area contributed by atoms with Gasteiger partial charge in [-0.3, -0.25) is 9.69 Å². The van der Waals surface area contributed by atoms with E-state index in [4.69, 9.17) is 11.6 Å². The Balaban J connectivity index is 1.95. The van der Waals surface area contributed by atoms with Gasteiger partial charge in [0.2, 0.25) is 0 Å². The van der Waals surface area contributed by atoms with Crippen LogP contribution >= 0.6 is 11.6 Å². The first-order valence-corrected chi connectivity index (χ1v) is 7.16. The third-order valence-electron chi connectivity index (χ3n) is 4.85. The summed E-state index contributed by atoms with van der Waals surface area (Å²) in [6, 6.07) is 8.38. The van der Waals surface area contributed by atoms with E-state index in [1.165, 1.54) is 0 Å². The number of hydrogen-bond acceptors (Lipinski definition) is 2. The molecule has 102 valence electrons. The molecule has 4 unspecified atom stereocenters. The average Bonchev–Trinajstić information content (AvgIpc) is 2.63. The average molecular weight is 280 g/mol. The van der Waals surface area contributed by atoms with Crippen molar-refractivity contribution in [1.29, 1.82) is 0 Å². The van der Waals surface area contributed by atoms with Crippen molar-refractivity contribution in [3.63, 3.8) is 0 Å². The molecule has 0 saturated carbocycles. The van der Waals surface area contributed by atoms with Crippen LogP contribution in [0.1, 0.15) is 30.7 Å². The van der Waals surface area contributed by atoms with Crippen LogP contribution in [-0.4, -0.2) is 35.1 Å². The van der Waals surface area contributed by atoms with E-state index in [2.05, 4.69) is 11.9 Å². The van der Waals surface area contributed by atoms with Gasteiger partial charge >= 0.3 is 5.97 Å². The van der Waals surface area contributed by atoms with E-state index in [0.29, 0.717) is 11.1 Å². The second kappa shape index (κ2) is 4.80. The molecular weight excluding hydrogens is 262 g/mol. The maximum absolute atomic E-state index is 11.7. The number of hydrogen-bond donors (Lipinski definition) is 1. The summed E-state index contributed by atoms with van der Waals surface area (Å²) in [5.41, 5.74) is 1.11. The summed E-state index contributed by atoms with van der Waals surface area (Å²) in [5, 5.41) is 10.3. The Morgan fingerprint density at radius 2 is 2.00 bits per heavy atom. The molecule has 0 radical (unpaired) electrons. The van der Waals surface area contributed by atoms with Crippen molar-refractivity contribution in [2.45, 2.75) is 37.3 Å². The molecule has 1 aromatic carbocycles. The molecule has 0 aromatic heterocycles. The van der Waals surface area contributed by atoms with Crippen molar-refractivity contribution < 1.29 is 9.90 Å². The third-order valence-corrected chi connectivity index (χ3v) is 5.10. The standard InChI is InChI=1S/C15H18ClNO2/c1-17-11-6-7-13(17)14(15(18)19)12(8-11)9-2-4-10(16)5-3-9/h2-5,11-14H,6-8H2,1H3,(H,18,19). The van der Waals surface area contributed by atoms with Gasteiger partial charge in [-0.2, -0.15) is 0 Å². The minimum absolute atomic E-state index is 0.114. The zero-order valence-corrected chi connectivity index (χ0v) is 11.7. The maximum Gasteiger partial charge on any atom is 0.308 e. The monoisotopic (exact) mass is 279 g/mol. The molecule has 0 aliphatic carbocycles. The van der Waals surface area contributed by atoms with Crippen LogP contribution in [0.15, 0.2) is 24.3 Å². The molecule has 19 heavy (non-hydrogen) atoms. The third kappa shape index (κ3) is 2.15. The highest BCUT2D eigenvalue weighted by atomic mass is 35.5. The van der Waals surface area contributed by atoms with Gasteiger partial charge in [-0.15, -0.1) is 0 Å². The number of halogens is 1. The Morgan fingerprint density at radius 1 is 1.32 bits per heavy atom. The highest BCUT2D eigenvalue weighted by Gasteiger charge is 2.49. The van der Waals surface area contributed by atoms with E-state index in [9.17, 15) is 9.90 Å². The molecule has 0 amide bonds. The predicted molar refractivity (Wildman–Crippen MR) is 74.5 cm³/mol. The second-order valence-corrected chi connectivity index (χ2v) is 6.16. The molecule has 4 atom stereocenters. The second-order valence-electron chi connectivity index (χ2n) is 5.72. The fourth-order valence-electron chi connectivity index (χ4n) is 3.86. The molecular formula is C15H18ClNO2. The SMILES string of the molecule is CN1C2CCC1C(C(=O)O)C(c1ccc(Cl)cc1)C2. The lowest BCUT2D eigenvalue weighted by Crippen LogP contribution is -2.48. The number of carboxylic acids is 1. The number of fused-ring (bicyclic) bond motifs is 2. The molecule has 4 heteroatoms. The summed E-state index contributed by atoms with van der Waals surface area (Å²) in [6.45, 7) is 0. The molecule has 0 spiro atoms. The van der Waals surface area contributed by atoms with Crippen molar-refractivity contribution in [3.8, 4) is 0 Å². The Hall–Kier alpha value is -1.06. The molecule has 2 bridgehead atoms. The van der Waals surface area contributed by atoms with Gasteiger partial charge in [-0.1, -0.05) is 23.7 Å². The van der Waals surface area contributed by atoms with E-state index in [0.717, 1.165) is 24.8 Å². The number of carbonyl (C=O) groups is 1. The van der Waals surface area contributed by atoms with Gasteiger partial charge in [0, 0.05) is 23.0 Å². The Morgan fingerprint density at radius 3 is 2.63 bits per heavy atom. The van der Waals surface area contributed by atoms with Crippen molar-refractivity contribution in [1.82, 2.24) is 4.90 Å². The van der Waals surface area contributed by atoms with E-state index in [1.54, 1.807) is 0 Å². The first-order chi connectivity index (χ1) is 9.08. The van der Waals surface area contributed by atoms with Crippen molar-refractivity contribution in [3.05, 3.63) is 34.9 Å². The molecule has 2 saturated heterocycles. The molecule has 3 nitrogen and oxygen atoms in total. The molecule has 2 fully saturated rings. The maximum atomic E-state index is 11.7. The first-order valence-electron chi connectivity index (χ1n) is 6.78.